The summed E-state index contributed by atoms with van der Waals surface area (Å²) < 4.78 is 18.2. The summed E-state index contributed by atoms with van der Waals surface area (Å²) >= 11 is 0. The summed E-state index contributed by atoms with van der Waals surface area (Å²) in [5.41, 5.74) is 0.279. The van der Waals surface area contributed by atoms with E-state index in [4.69, 9.17) is 14.2 Å². The number of hydrogen-bond donors (Lipinski definition) is 0. The molecule has 4 rings (SSSR count). The van der Waals surface area contributed by atoms with E-state index in [1.807, 2.05) is 0 Å². The van der Waals surface area contributed by atoms with Crippen molar-refractivity contribution in [2.75, 3.05) is 6.61 Å². The van der Waals surface area contributed by atoms with Crippen LogP contribution >= 0.6 is 0 Å². The van der Waals surface area contributed by atoms with Crippen LogP contribution in [-0.4, -0.2) is 35.5 Å². The van der Waals surface area contributed by atoms with Gasteiger partial charge in [-0.1, -0.05) is 18.6 Å². The molecule has 1 aromatic rings. The lowest BCUT2D eigenvalue weighted by Gasteiger charge is -2.32. The van der Waals surface area contributed by atoms with Gasteiger partial charge in [0.15, 0.2) is 5.79 Å². The van der Waals surface area contributed by atoms with Crippen LogP contribution in [0.3, 0.4) is 0 Å². The van der Waals surface area contributed by atoms with Crippen molar-refractivity contribution in [3.8, 4) is 0 Å². The minimum Gasteiger partial charge on any atom is -0.459 e. The molecule has 2 fully saturated rings. The first-order valence-electron chi connectivity index (χ1n) is 10.5. The second-order valence-electron chi connectivity index (χ2n) is 8.18. The number of rotatable bonds is 4. The molecule has 3 aliphatic rings. The number of nitrogens with zero attached hydrogens (tertiary/aromatic N) is 1. The van der Waals surface area contributed by atoms with E-state index in [1.165, 1.54) is 30.7 Å². The molecule has 156 valence electrons. The predicted molar refractivity (Wildman–Crippen MR) is 105 cm³/mol. The molecular formula is C22H27NO6. The third kappa shape index (κ3) is 4.67. The maximum Gasteiger partial charge on any atom is 0.338 e. The molecular weight excluding hydrogens is 374 g/mol. The number of nitro benzene ring substituents is 1. The van der Waals surface area contributed by atoms with Gasteiger partial charge in [0.25, 0.3) is 5.69 Å². The molecule has 0 amide bonds. The molecule has 1 spiro atoms. The van der Waals surface area contributed by atoms with Crippen molar-refractivity contribution >= 4 is 11.7 Å². The summed E-state index contributed by atoms with van der Waals surface area (Å²) in [6.07, 6.45) is 11.8. The lowest BCUT2D eigenvalue weighted by Crippen LogP contribution is -2.35. The summed E-state index contributed by atoms with van der Waals surface area (Å²) in [5, 5.41) is 10.8. The number of nitro groups is 1. The largest absolute Gasteiger partial charge is 0.459 e. The van der Waals surface area contributed by atoms with Crippen LogP contribution in [0.4, 0.5) is 5.69 Å². The molecule has 0 unspecified atom stereocenters. The Hall–Kier alpha value is -2.25. The lowest BCUT2D eigenvalue weighted by atomic mass is 9.93. The summed E-state index contributed by atoms with van der Waals surface area (Å²) in [5.74, 6) is -0.708. The van der Waals surface area contributed by atoms with Crippen LogP contribution in [0.5, 0.6) is 0 Å². The number of hydrogen-bond acceptors (Lipinski definition) is 6. The van der Waals surface area contributed by atoms with E-state index in [0.29, 0.717) is 18.6 Å². The Morgan fingerprint density at radius 1 is 1.17 bits per heavy atom. The standard InChI is InChI=1S/C22H27NO6/c24-21(16-8-10-18(11-9-16)23(25)26)28-19-7-3-2-6-17(14-19)20-15-27-22(29-20)12-4-1-5-13-22/h2,6,8-11,17,19-20H,1,3-5,7,12-15H2/t17-,19+,20-/m1/s1. The second-order valence-corrected chi connectivity index (χ2v) is 8.18. The minimum absolute atomic E-state index is 0.0111. The Bertz CT molecular complexity index is 768. The van der Waals surface area contributed by atoms with Crippen molar-refractivity contribution in [2.45, 2.75) is 69.4 Å². The first-order chi connectivity index (χ1) is 14.0. The molecule has 2 aliphatic carbocycles. The van der Waals surface area contributed by atoms with E-state index in [9.17, 15) is 14.9 Å². The quantitative estimate of drug-likeness (QED) is 0.318. The highest BCUT2D eigenvalue weighted by Gasteiger charge is 2.44. The number of ether oxygens (including phenoxy) is 3. The smallest absolute Gasteiger partial charge is 0.338 e. The van der Waals surface area contributed by atoms with Crippen LogP contribution in [0.2, 0.25) is 0 Å². The number of allylic oxidation sites excluding steroid dienone is 1. The second kappa shape index (κ2) is 8.63. The molecule has 0 N–H and O–H groups in total. The molecule has 0 radical (unpaired) electrons. The predicted octanol–water partition coefficient (Wildman–Crippen LogP) is 4.55. The number of non-ortho nitro benzene ring substituents is 1. The Kier molecular flexibility index (Phi) is 5.96. The fraction of sp³-hybridized carbons (Fsp3) is 0.591. The van der Waals surface area contributed by atoms with E-state index in [-0.39, 0.29) is 23.8 Å². The van der Waals surface area contributed by atoms with Crippen molar-refractivity contribution in [1.82, 2.24) is 0 Å². The van der Waals surface area contributed by atoms with E-state index in [2.05, 4.69) is 12.2 Å². The van der Waals surface area contributed by atoms with Gasteiger partial charge < -0.3 is 14.2 Å². The average Bonchev–Trinajstić information content (AvgIpc) is 2.98. The summed E-state index contributed by atoms with van der Waals surface area (Å²) in [7, 11) is 0. The fourth-order valence-electron chi connectivity index (χ4n) is 4.52. The highest BCUT2D eigenvalue weighted by atomic mass is 16.7. The highest BCUT2D eigenvalue weighted by molar-refractivity contribution is 5.89. The molecule has 1 saturated carbocycles. The Balaban J connectivity index is 1.36. The maximum atomic E-state index is 12.5. The van der Waals surface area contributed by atoms with Crippen molar-refractivity contribution < 1.29 is 23.9 Å². The fourth-order valence-corrected chi connectivity index (χ4v) is 4.52. The molecule has 1 saturated heterocycles. The summed E-state index contributed by atoms with van der Waals surface area (Å²) in [6.45, 7) is 0.581. The Morgan fingerprint density at radius 3 is 2.66 bits per heavy atom. The summed E-state index contributed by atoms with van der Waals surface area (Å²) in [6, 6.07) is 5.52. The average molecular weight is 401 g/mol. The van der Waals surface area contributed by atoms with Crippen molar-refractivity contribution in [3.63, 3.8) is 0 Å². The first-order valence-corrected chi connectivity index (χ1v) is 10.5. The number of esters is 1. The Morgan fingerprint density at radius 2 is 1.93 bits per heavy atom. The molecule has 3 atom stereocenters. The van der Waals surface area contributed by atoms with E-state index in [0.717, 1.165) is 38.5 Å². The van der Waals surface area contributed by atoms with Gasteiger partial charge in [0.1, 0.15) is 6.10 Å². The number of carbonyl (C=O) groups excluding carboxylic acids is 1. The zero-order valence-corrected chi connectivity index (χ0v) is 16.5. The van der Waals surface area contributed by atoms with Gasteiger partial charge >= 0.3 is 5.97 Å². The summed E-state index contributed by atoms with van der Waals surface area (Å²) in [4.78, 5) is 22.8. The minimum atomic E-state index is -0.487. The highest BCUT2D eigenvalue weighted by Crippen LogP contribution is 2.41. The van der Waals surface area contributed by atoms with Crippen molar-refractivity contribution in [3.05, 3.63) is 52.1 Å². The van der Waals surface area contributed by atoms with Gasteiger partial charge in [-0.15, -0.1) is 0 Å². The molecule has 1 heterocycles. The van der Waals surface area contributed by atoms with Crippen LogP contribution in [0.25, 0.3) is 0 Å². The van der Waals surface area contributed by atoms with E-state index >= 15 is 0 Å². The van der Waals surface area contributed by atoms with Crippen LogP contribution in [-0.2, 0) is 14.2 Å². The molecule has 0 bridgehead atoms. The molecule has 29 heavy (non-hydrogen) atoms. The normalized spacial score (nSPS) is 28.8. The topological polar surface area (TPSA) is 87.9 Å². The molecule has 7 nitrogen and oxygen atoms in total. The van der Waals surface area contributed by atoms with Gasteiger partial charge in [-0.25, -0.2) is 4.79 Å². The number of benzene rings is 1. The van der Waals surface area contributed by atoms with Crippen molar-refractivity contribution in [2.24, 2.45) is 5.92 Å². The third-order valence-corrected chi connectivity index (χ3v) is 6.13. The molecule has 1 aromatic carbocycles. The van der Waals surface area contributed by atoms with Crippen LogP contribution in [0.1, 0.15) is 61.7 Å². The van der Waals surface area contributed by atoms with Crippen LogP contribution in [0, 0.1) is 16.0 Å². The van der Waals surface area contributed by atoms with E-state index < -0.39 is 16.7 Å². The molecule has 7 heteroatoms. The van der Waals surface area contributed by atoms with Crippen molar-refractivity contribution in [1.29, 1.82) is 0 Å². The van der Waals surface area contributed by atoms with Crippen LogP contribution < -0.4 is 0 Å². The zero-order chi connectivity index (χ0) is 20.3. The molecule has 1 aliphatic heterocycles. The maximum absolute atomic E-state index is 12.5. The van der Waals surface area contributed by atoms with Gasteiger partial charge in [0.2, 0.25) is 0 Å². The van der Waals surface area contributed by atoms with Gasteiger partial charge in [0.05, 0.1) is 23.2 Å². The monoisotopic (exact) mass is 401 g/mol. The van der Waals surface area contributed by atoms with Gasteiger partial charge in [-0.05, 0) is 44.2 Å². The third-order valence-electron chi connectivity index (χ3n) is 6.13. The van der Waals surface area contributed by atoms with Gasteiger partial charge in [-0.2, -0.15) is 0 Å². The van der Waals surface area contributed by atoms with E-state index in [1.54, 1.807) is 0 Å². The van der Waals surface area contributed by atoms with Crippen LogP contribution in [0.15, 0.2) is 36.4 Å². The lowest BCUT2D eigenvalue weighted by molar-refractivity contribution is -0.384. The first kappa shape index (κ1) is 20.0. The SMILES string of the molecule is O=C(O[C@H]1CCC=C[C@@H]([C@H]2COC3(CCCCC3)O2)C1)c1ccc([N+](=O)[O-])cc1. The Labute approximate surface area is 170 Å². The van der Waals surface area contributed by atoms with Gasteiger partial charge in [0, 0.05) is 30.9 Å². The zero-order valence-electron chi connectivity index (χ0n) is 16.5. The molecule has 0 aromatic heterocycles. The number of carbonyl (C=O) groups is 1. The van der Waals surface area contributed by atoms with Gasteiger partial charge in [-0.3, -0.25) is 10.1 Å².